The average Bonchev–Trinajstić information content (AvgIpc) is 2.80. The third kappa shape index (κ3) is 2.17. The van der Waals surface area contributed by atoms with Crippen molar-refractivity contribution in [2.24, 2.45) is 0 Å². The minimum atomic E-state index is 0.791. The second-order valence-electron chi connectivity index (χ2n) is 5.49. The van der Waals surface area contributed by atoms with Crippen molar-refractivity contribution in [2.75, 3.05) is 0 Å². The number of fused-ring (bicyclic) bond motifs is 1. The molecule has 3 rings (SSSR count). The maximum Gasteiger partial charge on any atom is 0.0945 e. The molecule has 0 aliphatic carbocycles. The summed E-state index contributed by atoms with van der Waals surface area (Å²) < 4.78 is 2.29. The molecule has 0 unspecified atom stereocenters. The van der Waals surface area contributed by atoms with Crippen LogP contribution in [0.4, 0.5) is 0 Å². The van der Waals surface area contributed by atoms with Crippen LogP contribution >= 0.6 is 0 Å². The molecule has 0 bridgehead atoms. The number of aromatic nitrogens is 2. The molecule has 0 radical (unpaired) electrons. The summed E-state index contributed by atoms with van der Waals surface area (Å²) in [4.78, 5) is 4.65. The highest BCUT2D eigenvalue weighted by Crippen LogP contribution is 2.32. The number of hydrogen-bond donors (Lipinski definition) is 0. The number of benzene rings is 1. The van der Waals surface area contributed by atoms with E-state index in [-0.39, 0.29) is 0 Å². The Morgan fingerprint density at radius 1 is 1.09 bits per heavy atom. The van der Waals surface area contributed by atoms with Gasteiger partial charge >= 0.3 is 0 Å². The summed E-state index contributed by atoms with van der Waals surface area (Å²) in [5.74, 6) is 0. The SMILES string of the molecule is C=CCn1c(C)c(C)c2ccnc(-c3ccc(C=C)cc3)c21. The van der Waals surface area contributed by atoms with Crippen molar-refractivity contribution in [3.05, 3.63) is 72.6 Å². The first-order chi connectivity index (χ1) is 10.7. The zero-order valence-corrected chi connectivity index (χ0v) is 13.1. The number of allylic oxidation sites excluding steroid dienone is 1. The molecule has 0 aliphatic rings. The third-order valence-electron chi connectivity index (χ3n) is 4.28. The molecule has 3 aromatic rings. The molecule has 2 heteroatoms. The Morgan fingerprint density at radius 2 is 1.82 bits per heavy atom. The van der Waals surface area contributed by atoms with Crippen LogP contribution < -0.4 is 0 Å². The number of aryl methyl sites for hydroxylation is 1. The van der Waals surface area contributed by atoms with Gasteiger partial charge in [-0.2, -0.15) is 0 Å². The van der Waals surface area contributed by atoms with Crippen molar-refractivity contribution in [1.82, 2.24) is 9.55 Å². The first-order valence-corrected chi connectivity index (χ1v) is 7.45. The Kier molecular flexibility index (Phi) is 3.68. The van der Waals surface area contributed by atoms with Crippen LogP contribution in [0.3, 0.4) is 0 Å². The summed E-state index contributed by atoms with van der Waals surface area (Å²) >= 11 is 0. The fourth-order valence-corrected chi connectivity index (χ4v) is 2.94. The van der Waals surface area contributed by atoms with E-state index in [0.29, 0.717) is 0 Å². The van der Waals surface area contributed by atoms with E-state index in [4.69, 9.17) is 0 Å². The highest BCUT2D eigenvalue weighted by Gasteiger charge is 2.15. The summed E-state index contributed by atoms with van der Waals surface area (Å²) in [5.41, 5.74) is 7.02. The van der Waals surface area contributed by atoms with Gasteiger partial charge in [-0.25, -0.2) is 0 Å². The summed E-state index contributed by atoms with van der Waals surface area (Å²) in [6.45, 7) is 12.8. The first-order valence-electron chi connectivity index (χ1n) is 7.45. The number of hydrogen-bond acceptors (Lipinski definition) is 1. The van der Waals surface area contributed by atoms with Gasteiger partial charge in [-0.1, -0.05) is 43.0 Å². The molecule has 0 saturated heterocycles. The van der Waals surface area contributed by atoms with Gasteiger partial charge in [-0.3, -0.25) is 4.98 Å². The van der Waals surface area contributed by atoms with E-state index >= 15 is 0 Å². The topological polar surface area (TPSA) is 17.8 Å². The van der Waals surface area contributed by atoms with Crippen LogP contribution in [0.2, 0.25) is 0 Å². The fourth-order valence-electron chi connectivity index (χ4n) is 2.94. The van der Waals surface area contributed by atoms with Gasteiger partial charge < -0.3 is 4.57 Å². The Balaban J connectivity index is 2.31. The van der Waals surface area contributed by atoms with Crippen LogP contribution in [0.1, 0.15) is 16.8 Å². The van der Waals surface area contributed by atoms with Gasteiger partial charge in [0, 0.05) is 29.4 Å². The molecule has 22 heavy (non-hydrogen) atoms. The van der Waals surface area contributed by atoms with Gasteiger partial charge in [0.25, 0.3) is 0 Å². The van der Waals surface area contributed by atoms with Gasteiger partial charge in [0.1, 0.15) is 0 Å². The molecule has 0 amide bonds. The lowest BCUT2D eigenvalue weighted by molar-refractivity contribution is 0.824. The Bertz CT molecular complexity index is 852. The summed E-state index contributed by atoms with van der Waals surface area (Å²) in [6, 6.07) is 10.5. The van der Waals surface area contributed by atoms with Gasteiger partial charge in [-0.05, 0) is 31.0 Å². The first kappa shape index (κ1) is 14.3. The number of nitrogens with zero attached hydrogens (tertiary/aromatic N) is 2. The summed E-state index contributed by atoms with van der Waals surface area (Å²) in [6.07, 6.45) is 5.68. The van der Waals surface area contributed by atoms with Crippen molar-refractivity contribution < 1.29 is 0 Å². The van der Waals surface area contributed by atoms with Crippen molar-refractivity contribution >= 4 is 17.0 Å². The molecule has 110 valence electrons. The fraction of sp³-hybridized carbons (Fsp3) is 0.150. The van der Waals surface area contributed by atoms with Gasteiger partial charge in [0.15, 0.2) is 0 Å². The van der Waals surface area contributed by atoms with Crippen molar-refractivity contribution in [1.29, 1.82) is 0 Å². The Labute approximate surface area is 131 Å². The Morgan fingerprint density at radius 3 is 2.45 bits per heavy atom. The van der Waals surface area contributed by atoms with Crippen molar-refractivity contribution in [2.45, 2.75) is 20.4 Å². The number of pyridine rings is 1. The molecule has 0 N–H and O–H groups in total. The minimum absolute atomic E-state index is 0.791. The summed E-state index contributed by atoms with van der Waals surface area (Å²) in [7, 11) is 0. The lowest BCUT2D eigenvalue weighted by atomic mass is 10.1. The lowest BCUT2D eigenvalue weighted by Crippen LogP contribution is -1.99. The normalized spacial score (nSPS) is 10.8. The maximum atomic E-state index is 4.65. The van der Waals surface area contributed by atoms with E-state index in [9.17, 15) is 0 Å². The summed E-state index contributed by atoms with van der Waals surface area (Å²) in [5, 5.41) is 1.26. The molecule has 0 fully saturated rings. The largest absolute Gasteiger partial charge is 0.339 e. The highest BCUT2D eigenvalue weighted by atomic mass is 15.0. The monoisotopic (exact) mass is 288 g/mol. The number of rotatable bonds is 4. The molecule has 1 aromatic carbocycles. The van der Waals surface area contributed by atoms with Crippen LogP contribution in [-0.4, -0.2) is 9.55 Å². The molecular formula is C20H20N2. The quantitative estimate of drug-likeness (QED) is 0.607. The van der Waals surface area contributed by atoms with Gasteiger partial charge in [-0.15, -0.1) is 6.58 Å². The lowest BCUT2D eigenvalue weighted by Gasteiger charge is -2.09. The Hall–Kier alpha value is -2.61. The standard InChI is InChI=1S/C20H20N2/c1-5-13-22-15(4)14(3)18-11-12-21-19(20(18)22)17-9-7-16(6-2)8-10-17/h5-12H,1-2,13H2,3-4H3. The van der Waals surface area contributed by atoms with Crippen LogP contribution in [-0.2, 0) is 6.54 Å². The molecule has 0 atom stereocenters. The van der Waals surface area contributed by atoms with E-state index in [2.05, 4.69) is 66.9 Å². The van der Waals surface area contributed by atoms with Crippen LogP contribution in [0.5, 0.6) is 0 Å². The minimum Gasteiger partial charge on any atom is -0.339 e. The van der Waals surface area contributed by atoms with Gasteiger partial charge in [0.05, 0.1) is 11.2 Å². The molecule has 0 spiro atoms. The van der Waals surface area contributed by atoms with Crippen LogP contribution in [0.15, 0.2) is 55.8 Å². The van der Waals surface area contributed by atoms with Crippen LogP contribution in [0.25, 0.3) is 28.2 Å². The molecule has 2 nitrogen and oxygen atoms in total. The molecule has 0 saturated carbocycles. The van der Waals surface area contributed by atoms with E-state index in [0.717, 1.165) is 23.4 Å². The highest BCUT2D eigenvalue weighted by molar-refractivity contribution is 5.95. The third-order valence-corrected chi connectivity index (χ3v) is 4.28. The molecule has 2 aromatic heterocycles. The van der Waals surface area contributed by atoms with Crippen molar-refractivity contribution in [3.63, 3.8) is 0 Å². The van der Waals surface area contributed by atoms with E-state index in [1.807, 2.05) is 18.3 Å². The average molecular weight is 288 g/mol. The smallest absolute Gasteiger partial charge is 0.0945 e. The molecule has 0 aliphatic heterocycles. The predicted octanol–water partition coefficient (Wildman–Crippen LogP) is 5.15. The van der Waals surface area contributed by atoms with E-state index in [1.54, 1.807) is 0 Å². The second-order valence-corrected chi connectivity index (χ2v) is 5.49. The van der Waals surface area contributed by atoms with Gasteiger partial charge in [0.2, 0.25) is 0 Å². The zero-order chi connectivity index (χ0) is 15.7. The molecular weight excluding hydrogens is 268 g/mol. The van der Waals surface area contributed by atoms with E-state index in [1.165, 1.54) is 22.2 Å². The van der Waals surface area contributed by atoms with Crippen molar-refractivity contribution in [3.8, 4) is 11.3 Å². The zero-order valence-electron chi connectivity index (χ0n) is 13.1. The second kappa shape index (κ2) is 5.64. The van der Waals surface area contributed by atoms with E-state index < -0.39 is 0 Å². The van der Waals surface area contributed by atoms with Crippen LogP contribution in [0, 0.1) is 13.8 Å². The maximum absolute atomic E-state index is 4.65. The molecule has 2 heterocycles. The predicted molar refractivity (Wildman–Crippen MR) is 94.9 cm³/mol.